The second kappa shape index (κ2) is 5.09. The lowest BCUT2D eigenvalue weighted by molar-refractivity contribution is 0.269. The molecular weight excluding hydrogens is 238 g/mol. The number of aryl methyl sites for hydroxylation is 2. The number of nitrogens with zero attached hydrogens (tertiary/aromatic N) is 5. The Morgan fingerprint density at radius 1 is 1.16 bits per heavy atom. The highest BCUT2D eigenvalue weighted by atomic mass is 15.2. The molecule has 2 aromatic heterocycles. The lowest BCUT2D eigenvalue weighted by Gasteiger charge is -2.19. The van der Waals surface area contributed by atoms with Crippen LogP contribution in [0.25, 0.3) is 0 Å². The van der Waals surface area contributed by atoms with Crippen LogP contribution in [0.5, 0.6) is 0 Å². The average molecular weight is 257 g/mol. The maximum Gasteiger partial charge on any atom is 0.122 e. The third kappa shape index (κ3) is 2.51. The maximum absolute atomic E-state index is 4.43. The molecule has 5 nitrogen and oxygen atoms in total. The molecule has 1 aliphatic heterocycles. The molecule has 0 amide bonds. The van der Waals surface area contributed by atoms with Gasteiger partial charge in [0.25, 0.3) is 0 Å². The van der Waals surface area contributed by atoms with Gasteiger partial charge in [0, 0.05) is 50.3 Å². The van der Waals surface area contributed by atoms with E-state index in [1.165, 1.54) is 11.3 Å². The van der Waals surface area contributed by atoms with Crippen LogP contribution in [0, 0.1) is 6.92 Å². The Bertz CT molecular complexity index is 575. The van der Waals surface area contributed by atoms with E-state index in [9.17, 15) is 0 Å². The number of aromatic nitrogens is 4. The highest BCUT2D eigenvalue weighted by molar-refractivity contribution is 5.25. The van der Waals surface area contributed by atoms with Gasteiger partial charge in [-0.25, -0.2) is 15.0 Å². The number of rotatable bonds is 2. The van der Waals surface area contributed by atoms with E-state index in [0.29, 0.717) is 0 Å². The van der Waals surface area contributed by atoms with Gasteiger partial charge in [-0.05, 0) is 18.9 Å². The van der Waals surface area contributed by atoms with Crippen LogP contribution in [0.2, 0.25) is 0 Å². The van der Waals surface area contributed by atoms with Gasteiger partial charge in [0.05, 0.1) is 6.54 Å². The van der Waals surface area contributed by atoms with Crippen LogP contribution in [-0.2, 0) is 26.4 Å². The van der Waals surface area contributed by atoms with E-state index in [2.05, 4.69) is 31.3 Å². The van der Waals surface area contributed by atoms with Crippen LogP contribution in [0.15, 0.2) is 18.7 Å². The van der Waals surface area contributed by atoms with Crippen LogP contribution >= 0.6 is 0 Å². The molecule has 1 aliphatic rings. The van der Waals surface area contributed by atoms with Crippen molar-refractivity contribution in [2.24, 2.45) is 7.05 Å². The van der Waals surface area contributed by atoms with Crippen molar-refractivity contribution in [1.29, 1.82) is 0 Å². The van der Waals surface area contributed by atoms with Crippen molar-refractivity contribution in [3.8, 4) is 0 Å². The SMILES string of the molecule is Cc1ncnc2c1CCN(Cc1nccn1C)CC2. The lowest BCUT2D eigenvalue weighted by atomic mass is 10.1. The van der Waals surface area contributed by atoms with Gasteiger partial charge >= 0.3 is 0 Å². The van der Waals surface area contributed by atoms with Crippen LogP contribution in [-0.4, -0.2) is 37.5 Å². The topological polar surface area (TPSA) is 46.8 Å². The summed E-state index contributed by atoms with van der Waals surface area (Å²) in [5.74, 6) is 1.12. The summed E-state index contributed by atoms with van der Waals surface area (Å²) < 4.78 is 2.09. The van der Waals surface area contributed by atoms with Gasteiger partial charge in [-0.1, -0.05) is 0 Å². The molecule has 3 rings (SSSR count). The minimum absolute atomic E-state index is 0.907. The zero-order valence-corrected chi connectivity index (χ0v) is 11.5. The van der Waals surface area contributed by atoms with E-state index in [-0.39, 0.29) is 0 Å². The smallest absolute Gasteiger partial charge is 0.122 e. The summed E-state index contributed by atoms with van der Waals surface area (Å²) >= 11 is 0. The Kier molecular flexibility index (Phi) is 3.29. The molecule has 0 N–H and O–H groups in total. The Morgan fingerprint density at radius 3 is 2.79 bits per heavy atom. The van der Waals surface area contributed by atoms with Crippen LogP contribution < -0.4 is 0 Å². The van der Waals surface area contributed by atoms with Crippen molar-refractivity contribution in [2.45, 2.75) is 26.3 Å². The third-order valence-electron chi connectivity index (χ3n) is 3.88. The van der Waals surface area contributed by atoms with Crippen molar-refractivity contribution >= 4 is 0 Å². The van der Waals surface area contributed by atoms with Gasteiger partial charge in [-0.15, -0.1) is 0 Å². The van der Waals surface area contributed by atoms with Crippen molar-refractivity contribution in [2.75, 3.05) is 13.1 Å². The molecule has 2 aromatic rings. The summed E-state index contributed by atoms with van der Waals surface area (Å²) in [6, 6.07) is 0. The van der Waals surface area contributed by atoms with Crippen LogP contribution in [0.3, 0.4) is 0 Å². The van der Waals surface area contributed by atoms with Crippen LogP contribution in [0.1, 0.15) is 22.8 Å². The molecule has 0 aliphatic carbocycles. The molecule has 0 bridgehead atoms. The highest BCUT2D eigenvalue weighted by Gasteiger charge is 2.17. The number of hydrogen-bond donors (Lipinski definition) is 0. The fraction of sp³-hybridized carbons (Fsp3) is 0.500. The first kappa shape index (κ1) is 12.3. The van der Waals surface area contributed by atoms with E-state index in [1.54, 1.807) is 6.33 Å². The summed E-state index contributed by atoms with van der Waals surface area (Å²) in [6.45, 7) is 5.07. The fourth-order valence-electron chi connectivity index (χ4n) is 2.64. The molecule has 100 valence electrons. The lowest BCUT2D eigenvalue weighted by Crippen LogP contribution is -2.27. The Morgan fingerprint density at radius 2 is 2.00 bits per heavy atom. The minimum atomic E-state index is 0.907. The van der Waals surface area contributed by atoms with Gasteiger partial charge in [-0.2, -0.15) is 0 Å². The Hall–Kier alpha value is -1.75. The third-order valence-corrected chi connectivity index (χ3v) is 3.88. The molecule has 3 heterocycles. The molecular formula is C14H19N5. The van der Waals surface area contributed by atoms with E-state index >= 15 is 0 Å². The molecule has 19 heavy (non-hydrogen) atoms. The van der Waals surface area contributed by atoms with Gasteiger partial charge in [0.15, 0.2) is 0 Å². The zero-order valence-electron chi connectivity index (χ0n) is 11.5. The largest absolute Gasteiger partial charge is 0.337 e. The van der Waals surface area contributed by atoms with Crippen LogP contribution in [0.4, 0.5) is 0 Å². The summed E-state index contributed by atoms with van der Waals surface area (Å²) in [4.78, 5) is 15.6. The predicted molar refractivity (Wildman–Crippen MR) is 72.7 cm³/mol. The molecule has 0 saturated heterocycles. The average Bonchev–Trinajstić information content (AvgIpc) is 2.68. The summed E-state index contributed by atoms with van der Waals surface area (Å²) in [5.41, 5.74) is 3.68. The molecule has 0 atom stereocenters. The number of hydrogen-bond acceptors (Lipinski definition) is 4. The highest BCUT2D eigenvalue weighted by Crippen LogP contribution is 2.16. The number of imidazole rings is 1. The van der Waals surface area contributed by atoms with E-state index < -0.39 is 0 Å². The summed E-state index contributed by atoms with van der Waals surface area (Å²) in [7, 11) is 2.05. The van der Waals surface area contributed by atoms with Crippen molar-refractivity contribution in [3.63, 3.8) is 0 Å². The standard InChI is InChI=1S/C14H19N5/c1-11-12-3-6-19(7-4-13(12)17-10-16-11)9-14-15-5-8-18(14)2/h5,8,10H,3-4,6-7,9H2,1-2H3. The Balaban J connectivity index is 1.73. The first-order valence-corrected chi connectivity index (χ1v) is 6.72. The molecule has 5 heteroatoms. The molecule has 0 radical (unpaired) electrons. The first-order valence-electron chi connectivity index (χ1n) is 6.72. The fourth-order valence-corrected chi connectivity index (χ4v) is 2.64. The molecule has 0 spiro atoms. The van der Waals surface area contributed by atoms with Gasteiger partial charge < -0.3 is 4.57 Å². The Labute approximate surface area is 113 Å². The zero-order chi connectivity index (χ0) is 13.2. The van der Waals surface area contributed by atoms with E-state index in [4.69, 9.17) is 0 Å². The second-order valence-electron chi connectivity index (χ2n) is 5.11. The molecule has 0 unspecified atom stereocenters. The van der Waals surface area contributed by atoms with Gasteiger partial charge in [0.1, 0.15) is 12.2 Å². The second-order valence-corrected chi connectivity index (χ2v) is 5.11. The van der Waals surface area contributed by atoms with Gasteiger partial charge in [-0.3, -0.25) is 4.90 Å². The quantitative estimate of drug-likeness (QED) is 0.809. The predicted octanol–water partition coefficient (Wildman–Crippen LogP) is 1.12. The van der Waals surface area contributed by atoms with Gasteiger partial charge in [0.2, 0.25) is 0 Å². The maximum atomic E-state index is 4.43. The number of fused-ring (bicyclic) bond motifs is 1. The summed E-state index contributed by atoms with van der Waals surface area (Å²) in [6.07, 6.45) is 7.58. The normalized spacial score (nSPS) is 16.1. The van der Waals surface area contributed by atoms with Crippen molar-refractivity contribution in [1.82, 2.24) is 24.4 Å². The summed E-state index contributed by atoms with van der Waals surface area (Å²) in [5, 5.41) is 0. The van der Waals surface area contributed by atoms with Crippen molar-refractivity contribution in [3.05, 3.63) is 41.5 Å². The van der Waals surface area contributed by atoms with E-state index in [0.717, 1.165) is 44.0 Å². The van der Waals surface area contributed by atoms with Crippen molar-refractivity contribution < 1.29 is 0 Å². The molecule has 0 saturated carbocycles. The molecule has 0 aromatic carbocycles. The minimum Gasteiger partial charge on any atom is -0.337 e. The first-order chi connectivity index (χ1) is 9.24. The molecule has 0 fully saturated rings. The monoisotopic (exact) mass is 257 g/mol. The van der Waals surface area contributed by atoms with E-state index in [1.807, 2.05) is 19.4 Å².